The molecule has 100 valence electrons. The number of nitrogens with one attached hydrogen (secondary N) is 1. The highest BCUT2D eigenvalue weighted by atomic mass is 19.4. The molecule has 0 aromatic carbocycles. The first-order chi connectivity index (χ1) is 8.99. The van der Waals surface area contributed by atoms with E-state index in [2.05, 4.69) is 15.3 Å². The van der Waals surface area contributed by atoms with Crippen LogP contribution >= 0.6 is 0 Å². The molecule has 0 aliphatic carbocycles. The summed E-state index contributed by atoms with van der Waals surface area (Å²) >= 11 is 0. The van der Waals surface area contributed by atoms with Crippen molar-refractivity contribution in [2.24, 2.45) is 0 Å². The maximum absolute atomic E-state index is 12.8. The Morgan fingerprint density at radius 1 is 1.16 bits per heavy atom. The van der Waals surface area contributed by atoms with Crippen LogP contribution in [0.3, 0.4) is 0 Å². The number of hydrogen-bond donors (Lipinski definition) is 1. The molecule has 0 atom stereocenters. The Kier molecular flexibility index (Phi) is 3.69. The second-order valence-electron chi connectivity index (χ2n) is 4.01. The molecule has 0 aliphatic rings. The third kappa shape index (κ3) is 3.43. The summed E-state index contributed by atoms with van der Waals surface area (Å²) in [6.45, 7) is 0. The van der Waals surface area contributed by atoms with Gasteiger partial charge in [-0.15, -0.1) is 0 Å². The van der Waals surface area contributed by atoms with Gasteiger partial charge in [0.15, 0.2) is 0 Å². The zero-order valence-corrected chi connectivity index (χ0v) is 10.2. The number of aromatic nitrogens is 2. The minimum atomic E-state index is -4.37. The van der Waals surface area contributed by atoms with Crippen molar-refractivity contribution in [2.45, 2.75) is 12.6 Å². The molecule has 0 unspecified atom stereocenters. The van der Waals surface area contributed by atoms with Crippen LogP contribution in [-0.4, -0.2) is 17.0 Å². The van der Waals surface area contributed by atoms with Crippen molar-refractivity contribution in [2.75, 3.05) is 12.4 Å². The third-order valence-electron chi connectivity index (χ3n) is 2.60. The summed E-state index contributed by atoms with van der Waals surface area (Å²) in [7, 11) is 1.54. The smallest absolute Gasteiger partial charge is 0.373 e. The number of hydrogen-bond acceptors (Lipinski definition) is 3. The number of rotatable bonds is 3. The van der Waals surface area contributed by atoms with E-state index in [1.807, 2.05) is 0 Å². The van der Waals surface area contributed by atoms with Gasteiger partial charge in [0.05, 0.1) is 5.56 Å². The highest BCUT2D eigenvalue weighted by Gasteiger charge is 2.31. The predicted molar refractivity (Wildman–Crippen MR) is 65.8 cm³/mol. The number of nitrogens with zero attached hydrogens (tertiary/aromatic N) is 2. The first-order valence-corrected chi connectivity index (χ1v) is 5.64. The average molecular weight is 267 g/mol. The lowest BCUT2D eigenvalue weighted by atomic mass is 10.1. The first-order valence-electron chi connectivity index (χ1n) is 5.64. The van der Waals surface area contributed by atoms with E-state index in [4.69, 9.17) is 0 Å². The average Bonchev–Trinajstić information content (AvgIpc) is 2.38. The van der Waals surface area contributed by atoms with Gasteiger partial charge in [-0.2, -0.15) is 13.2 Å². The molecule has 3 nitrogen and oxygen atoms in total. The summed E-state index contributed by atoms with van der Waals surface area (Å²) in [6, 6.07) is 5.57. The molecule has 2 rings (SSSR count). The van der Waals surface area contributed by atoms with Crippen LogP contribution in [0.5, 0.6) is 0 Å². The highest BCUT2D eigenvalue weighted by molar-refractivity contribution is 5.41. The summed E-state index contributed by atoms with van der Waals surface area (Å²) in [5.41, 5.74) is 0.533. The van der Waals surface area contributed by atoms with Crippen LogP contribution in [0.1, 0.15) is 16.8 Å². The lowest BCUT2D eigenvalue weighted by Crippen LogP contribution is -2.09. The van der Waals surface area contributed by atoms with Crippen LogP contribution < -0.4 is 5.32 Å². The molecule has 1 N–H and O–H groups in total. The third-order valence-corrected chi connectivity index (χ3v) is 2.60. The minimum absolute atomic E-state index is 0.207. The zero-order chi connectivity index (χ0) is 13.9. The van der Waals surface area contributed by atoms with Crippen LogP contribution in [-0.2, 0) is 12.6 Å². The molecule has 0 spiro atoms. The second-order valence-corrected chi connectivity index (χ2v) is 4.01. The summed E-state index contributed by atoms with van der Waals surface area (Å²) < 4.78 is 38.3. The summed E-state index contributed by atoms with van der Waals surface area (Å²) in [6.07, 6.45) is -0.841. The van der Waals surface area contributed by atoms with Crippen molar-refractivity contribution < 1.29 is 13.2 Å². The fourth-order valence-electron chi connectivity index (χ4n) is 1.68. The largest absolute Gasteiger partial charge is 0.416 e. The quantitative estimate of drug-likeness (QED) is 0.928. The molecule has 0 radical (unpaired) electrons. The van der Waals surface area contributed by atoms with Crippen molar-refractivity contribution in [3.05, 3.63) is 53.5 Å². The Morgan fingerprint density at radius 2 is 1.84 bits per heavy atom. The lowest BCUT2D eigenvalue weighted by Gasteiger charge is -2.11. The summed E-state index contributed by atoms with van der Waals surface area (Å²) in [5.74, 6) is 0.207. The van der Waals surface area contributed by atoms with E-state index in [-0.39, 0.29) is 5.82 Å². The molecule has 2 aromatic rings. The molecular weight excluding hydrogens is 255 g/mol. The molecule has 2 aromatic heterocycles. The Bertz CT molecular complexity index is 553. The molecular formula is C13H12F3N3. The molecule has 0 bridgehead atoms. The molecule has 0 saturated carbocycles. The molecule has 19 heavy (non-hydrogen) atoms. The van der Waals surface area contributed by atoms with E-state index < -0.39 is 11.7 Å². The van der Waals surface area contributed by atoms with Gasteiger partial charge in [0, 0.05) is 31.6 Å². The fraction of sp³-hybridized carbons (Fsp3) is 0.231. The number of halogens is 3. The van der Waals surface area contributed by atoms with Crippen LogP contribution in [0.25, 0.3) is 0 Å². The maximum Gasteiger partial charge on any atom is 0.416 e. The van der Waals surface area contributed by atoms with Gasteiger partial charge in [0.2, 0.25) is 0 Å². The van der Waals surface area contributed by atoms with Gasteiger partial charge in [0.1, 0.15) is 5.82 Å². The molecule has 0 amide bonds. The first kappa shape index (κ1) is 13.3. The van der Waals surface area contributed by atoms with E-state index in [0.717, 1.165) is 17.7 Å². The number of anilines is 1. The van der Waals surface area contributed by atoms with Crippen molar-refractivity contribution in [3.8, 4) is 0 Å². The summed E-state index contributed by atoms with van der Waals surface area (Å²) in [4.78, 5) is 7.99. The van der Waals surface area contributed by atoms with Gasteiger partial charge in [-0.3, -0.25) is 4.98 Å². The van der Waals surface area contributed by atoms with E-state index >= 15 is 0 Å². The van der Waals surface area contributed by atoms with Gasteiger partial charge in [-0.1, -0.05) is 0 Å². The van der Waals surface area contributed by atoms with E-state index in [1.54, 1.807) is 31.6 Å². The highest BCUT2D eigenvalue weighted by Crippen LogP contribution is 2.31. The van der Waals surface area contributed by atoms with Crippen LogP contribution in [0.15, 0.2) is 36.7 Å². The second kappa shape index (κ2) is 5.26. The molecule has 2 heterocycles. The normalized spacial score (nSPS) is 11.4. The number of pyridine rings is 2. The van der Waals surface area contributed by atoms with Crippen LogP contribution in [0.2, 0.25) is 0 Å². The standard InChI is InChI=1S/C13H12F3N3/c1-17-12-8-10(13(14,15)16)7-11(19-12)6-9-2-4-18-5-3-9/h2-5,7-8H,6H2,1H3,(H,17,19). The van der Waals surface area contributed by atoms with Gasteiger partial charge in [0.25, 0.3) is 0 Å². The van der Waals surface area contributed by atoms with Crippen molar-refractivity contribution in [1.29, 1.82) is 0 Å². The predicted octanol–water partition coefficient (Wildman–Crippen LogP) is 3.13. The van der Waals surface area contributed by atoms with Gasteiger partial charge in [-0.05, 0) is 29.8 Å². The zero-order valence-electron chi connectivity index (χ0n) is 10.2. The molecule has 0 aliphatic heterocycles. The van der Waals surface area contributed by atoms with Crippen LogP contribution in [0.4, 0.5) is 19.0 Å². The van der Waals surface area contributed by atoms with Gasteiger partial charge < -0.3 is 5.32 Å². The van der Waals surface area contributed by atoms with E-state index in [9.17, 15) is 13.2 Å². The Hall–Kier alpha value is -2.11. The van der Waals surface area contributed by atoms with E-state index in [0.29, 0.717) is 12.1 Å². The van der Waals surface area contributed by atoms with Crippen molar-refractivity contribution in [3.63, 3.8) is 0 Å². The Morgan fingerprint density at radius 3 is 2.42 bits per heavy atom. The lowest BCUT2D eigenvalue weighted by molar-refractivity contribution is -0.137. The maximum atomic E-state index is 12.8. The van der Waals surface area contributed by atoms with Gasteiger partial charge in [-0.25, -0.2) is 4.98 Å². The molecule has 6 heteroatoms. The minimum Gasteiger partial charge on any atom is -0.373 e. The topological polar surface area (TPSA) is 37.8 Å². The monoisotopic (exact) mass is 267 g/mol. The number of alkyl halides is 3. The molecule has 0 saturated heterocycles. The molecule has 0 fully saturated rings. The SMILES string of the molecule is CNc1cc(C(F)(F)F)cc(Cc2ccncc2)n1. The Labute approximate surface area is 108 Å². The van der Waals surface area contributed by atoms with Crippen molar-refractivity contribution >= 4 is 5.82 Å². The van der Waals surface area contributed by atoms with E-state index in [1.165, 1.54) is 0 Å². The van der Waals surface area contributed by atoms with Crippen LogP contribution in [0, 0.1) is 0 Å². The Balaban J connectivity index is 2.35. The summed E-state index contributed by atoms with van der Waals surface area (Å²) in [5, 5.41) is 2.64. The van der Waals surface area contributed by atoms with Crippen molar-refractivity contribution in [1.82, 2.24) is 9.97 Å². The fourth-order valence-corrected chi connectivity index (χ4v) is 1.68. The van der Waals surface area contributed by atoms with Gasteiger partial charge >= 0.3 is 6.18 Å².